The molecule has 1 N–H and O–H groups in total. The Morgan fingerprint density at radius 2 is 1.88 bits per heavy atom. The summed E-state index contributed by atoms with van der Waals surface area (Å²) in [5.74, 6) is 1.35. The van der Waals surface area contributed by atoms with Crippen LogP contribution in [0.3, 0.4) is 0 Å². The summed E-state index contributed by atoms with van der Waals surface area (Å²) in [6.07, 6.45) is 4.47. The quantitative estimate of drug-likeness (QED) is 0.452. The molecule has 2 aromatic heterocycles. The Labute approximate surface area is 239 Å². The molecule has 1 aliphatic heterocycles. The van der Waals surface area contributed by atoms with E-state index in [0.29, 0.717) is 34.6 Å². The number of carbonyl (C=O) groups excluding carboxylic acids is 1. The number of aryl methyl sites for hydroxylation is 1. The van der Waals surface area contributed by atoms with Crippen molar-refractivity contribution >= 4 is 43.2 Å². The van der Waals surface area contributed by atoms with E-state index in [4.69, 9.17) is 4.74 Å². The summed E-state index contributed by atoms with van der Waals surface area (Å²) < 4.78 is 35.9. The van der Waals surface area contributed by atoms with Crippen LogP contribution >= 0.6 is 11.3 Å². The molecule has 2 aliphatic rings. The highest BCUT2D eigenvalue weighted by Gasteiger charge is 2.34. The predicted molar refractivity (Wildman–Crippen MR) is 157 cm³/mol. The van der Waals surface area contributed by atoms with Crippen molar-refractivity contribution in [3.63, 3.8) is 0 Å². The van der Waals surface area contributed by atoms with Gasteiger partial charge in [-0.1, -0.05) is 38.8 Å². The minimum atomic E-state index is -3.97. The number of rotatable bonds is 7. The predicted octanol–water partition coefficient (Wildman–Crippen LogP) is 3.23. The van der Waals surface area contributed by atoms with Crippen molar-refractivity contribution in [3.8, 4) is 5.75 Å². The fourth-order valence-corrected chi connectivity index (χ4v) is 9.01. The molecule has 3 atom stereocenters. The van der Waals surface area contributed by atoms with Gasteiger partial charge >= 0.3 is 0 Å². The van der Waals surface area contributed by atoms with Crippen molar-refractivity contribution in [2.45, 2.75) is 57.5 Å². The average Bonchev–Trinajstić information content (AvgIpc) is 3.30. The molecule has 3 aromatic rings. The van der Waals surface area contributed by atoms with Gasteiger partial charge in [-0.25, -0.2) is 13.4 Å². The van der Waals surface area contributed by atoms with E-state index in [0.717, 1.165) is 30.7 Å². The Morgan fingerprint density at radius 1 is 1.15 bits per heavy atom. The molecule has 3 unspecified atom stereocenters. The summed E-state index contributed by atoms with van der Waals surface area (Å²) in [7, 11) is -2.35. The third-order valence-corrected chi connectivity index (χ3v) is 11.6. The second kappa shape index (κ2) is 11.5. The lowest BCUT2D eigenvalue weighted by molar-refractivity contribution is -0.123. The summed E-state index contributed by atoms with van der Waals surface area (Å²) in [5, 5.41) is 3.15. The number of benzene rings is 1. The number of methoxy groups -OCH3 is 1. The molecule has 12 heteroatoms. The van der Waals surface area contributed by atoms with Crippen LogP contribution in [0.2, 0.25) is 0 Å². The number of aromatic nitrogens is 2. The number of para-hydroxylation sites is 2. The number of nitrogens with one attached hydrogen (secondary N) is 1. The third kappa shape index (κ3) is 5.36. The summed E-state index contributed by atoms with van der Waals surface area (Å²) in [4.78, 5) is 33.9. The van der Waals surface area contributed by atoms with E-state index >= 15 is 0 Å². The standard InChI is InChI=1S/C28H37N5O5S2/c1-18-8-7-9-21(19(18)2)30-24(34)16-32-17-29-27-25(28(32)35)26(20(3)39-27)40(36,37)33-14-12-31(13-15-33)22-10-5-6-11-23(22)38-4/h5-6,10-11,17-19,21H,7-9,12-16H2,1-4H3,(H,30,34). The second-order valence-electron chi connectivity index (χ2n) is 10.8. The number of thiophene rings is 1. The molecule has 216 valence electrons. The molecule has 5 rings (SSSR count). The van der Waals surface area contributed by atoms with Gasteiger partial charge in [0.2, 0.25) is 15.9 Å². The van der Waals surface area contributed by atoms with Crippen LogP contribution in [0.4, 0.5) is 5.69 Å². The van der Waals surface area contributed by atoms with E-state index in [1.807, 2.05) is 24.3 Å². The zero-order chi connectivity index (χ0) is 28.6. The number of ether oxygens (including phenoxy) is 1. The van der Waals surface area contributed by atoms with Crippen molar-refractivity contribution in [2.75, 3.05) is 38.2 Å². The van der Waals surface area contributed by atoms with Crippen molar-refractivity contribution in [2.24, 2.45) is 11.8 Å². The van der Waals surface area contributed by atoms with Gasteiger partial charge in [0.1, 0.15) is 22.0 Å². The maximum atomic E-state index is 13.9. The van der Waals surface area contributed by atoms with Gasteiger partial charge in [0.05, 0.1) is 24.5 Å². The second-order valence-corrected chi connectivity index (χ2v) is 13.9. The molecule has 0 spiro atoms. The van der Waals surface area contributed by atoms with E-state index in [1.165, 1.54) is 26.5 Å². The van der Waals surface area contributed by atoms with E-state index in [1.54, 1.807) is 14.0 Å². The molecule has 1 saturated heterocycles. The highest BCUT2D eigenvalue weighted by atomic mass is 32.2. The Bertz CT molecular complexity index is 1560. The number of hydrogen-bond acceptors (Lipinski definition) is 8. The van der Waals surface area contributed by atoms with Crippen molar-refractivity contribution < 1.29 is 17.9 Å². The topological polar surface area (TPSA) is 114 Å². The molecular formula is C28H37N5O5S2. The number of anilines is 1. The average molecular weight is 588 g/mol. The highest BCUT2D eigenvalue weighted by Crippen LogP contribution is 2.34. The Kier molecular flexibility index (Phi) is 8.21. The first-order chi connectivity index (χ1) is 19.1. The number of fused-ring (bicyclic) bond motifs is 1. The molecule has 0 radical (unpaired) electrons. The first-order valence-electron chi connectivity index (χ1n) is 13.8. The first-order valence-corrected chi connectivity index (χ1v) is 16.0. The van der Waals surface area contributed by atoms with Gasteiger partial charge in [-0.05, 0) is 37.3 Å². The zero-order valence-corrected chi connectivity index (χ0v) is 25.1. The Morgan fingerprint density at radius 3 is 2.60 bits per heavy atom. The van der Waals surface area contributed by atoms with Crippen LogP contribution in [0.1, 0.15) is 38.0 Å². The van der Waals surface area contributed by atoms with Crippen LogP contribution in [-0.4, -0.2) is 67.5 Å². The SMILES string of the molecule is COc1ccccc1N1CCN(S(=O)(=O)c2c(C)sc3ncn(CC(=O)NC4CCCC(C)C4C)c(=O)c23)CC1. The van der Waals surface area contributed by atoms with Crippen molar-refractivity contribution in [1.29, 1.82) is 0 Å². The number of carbonyl (C=O) groups is 1. The minimum Gasteiger partial charge on any atom is -0.495 e. The lowest BCUT2D eigenvalue weighted by atomic mass is 9.78. The fraction of sp³-hybridized carbons (Fsp3) is 0.536. The van der Waals surface area contributed by atoms with E-state index in [2.05, 4.69) is 29.0 Å². The smallest absolute Gasteiger partial charge is 0.263 e. The molecule has 2 fully saturated rings. The van der Waals surface area contributed by atoms with Crippen LogP contribution in [0, 0.1) is 18.8 Å². The number of piperazine rings is 1. The Hall–Kier alpha value is -2.96. The monoisotopic (exact) mass is 587 g/mol. The Balaban J connectivity index is 1.37. The van der Waals surface area contributed by atoms with Gasteiger partial charge in [0.25, 0.3) is 5.56 Å². The fourth-order valence-electron chi connectivity index (χ4n) is 5.92. The number of sulfonamides is 1. The zero-order valence-electron chi connectivity index (χ0n) is 23.4. The minimum absolute atomic E-state index is 0.000211. The highest BCUT2D eigenvalue weighted by molar-refractivity contribution is 7.89. The van der Waals surface area contributed by atoms with E-state index < -0.39 is 15.6 Å². The lowest BCUT2D eigenvalue weighted by Gasteiger charge is -2.36. The molecule has 1 amide bonds. The van der Waals surface area contributed by atoms with E-state index in [-0.39, 0.29) is 41.9 Å². The largest absolute Gasteiger partial charge is 0.495 e. The normalized spacial score (nSPS) is 22.4. The number of amides is 1. The molecule has 3 heterocycles. The molecule has 10 nitrogen and oxygen atoms in total. The summed E-state index contributed by atoms with van der Waals surface area (Å²) >= 11 is 1.18. The van der Waals surface area contributed by atoms with Crippen LogP contribution in [-0.2, 0) is 21.4 Å². The number of nitrogens with zero attached hydrogens (tertiary/aromatic N) is 4. The first kappa shape index (κ1) is 28.6. The third-order valence-electron chi connectivity index (χ3n) is 8.43. The molecule has 1 saturated carbocycles. The van der Waals surface area contributed by atoms with Crippen LogP contribution in [0.15, 0.2) is 40.3 Å². The van der Waals surface area contributed by atoms with Crippen molar-refractivity contribution in [1.82, 2.24) is 19.2 Å². The summed E-state index contributed by atoms with van der Waals surface area (Å²) in [6, 6.07) is 7.73. The summed E-state index contributed by atoms with van der Waals surface area (Å²) in [6.45, 7) is 7.36. The van der Waals surface area contributed by atoms with Gasteiger partial charge in [-0.15, -0.1) is 11.3 Å². The maximum Gasteiger partial charge on any atom is 0.263 e. The van der Waals surface area contributed by atoms with Gasteiger partial charge < -0.3 is 15.0 Å². The van der Waals surface area contributed by atoms with Gasteiger partial charge in [-0.2, -0.15) is 4.31 Å². The van der Waals surface area contributed by atoms with E-state index in [9.17, 15) is 18.0 Å². The van der Waals surface area contributed by atoms with Crippen LogP contribution in [0.5, 0.6) is 5.75 Å². The summed E-state index contributed by atoms with van der Waals surface area (Å²) in [5.41, 5.74) is 0.405. The van der Waals surface area contributed by atoms with Crippen molar-refractivity contribution in [3.05, 3.63) is 45.8 Å². The number of hydrogen-bond donors (Lipinski definition) is 1. The van der Waals surface area contributed by atoms with Crippen LogP contribution in [0.25, 0.3) is 10.2 Å². The molecular weight excluding hydrogens is 550 g/mol. The lowest BCUT2D eigenvalue weighted by Crippen LogP contribution is -2.49. The van der Waals surface area contributed by atoms with Gasteiger partial charge in [0.15, 0.2) is 0 Å². The van der Waals surface area contributed by atoms with Crippen LogP contribution < -0.4 is 20.5 Å². The molecule has 1 aliphatic carbocycles. The van der Waals surface area contributed by atoms with Gasteiger partial charge in [0, 0.05) is 37.1 Å². The molecule has 0 bridgehead atoms. The molecule has 1 aromatic carbocycles. The van der Waals surface area contributed by atoms with Gasteiger partial charge in [-0.3, -0.25) is 14.2 Å². The maximum absolute atomic E-state index is 13.9. The molecule has 40 heavy (non-hydrogen) atoms.